The number of aromatic hydroxyl groups is 1. The third-order valence-corrected chi connectivity index (χ3v) is 5.23. The maximum Gasteiger partial charge on any atom is 0.320 e. The highest BCUT2D eigenvalue weighted by atomic mass is 35.5. The van der Waals surface area contributed by atoms with Crippen LogP contribution in [0, 0.1) is 5.82 Å². The van der Waals surface area contributed by atoms with Crippen molar-refractivity contribution in [2.24, 2.45) is 0 Å². The van der Waals surface area contributed by atoms with E-state index in [4.69, 9.17) is 11.6 Å². The van der Waals surface area contributed by atoms with Crippen molar-refractivity contribution in [1.29, 1.82) is 0 Å². The smallest absolute Gasteiger partial charge is 0.320 e. The monoisotopic (exact) mass is 387 g/mol. The molecule has 6 nitrogen and oxygen atoms in total. The van der Waals surface area contributed by atoms with Crippen molar-refractivity contribution >= 4 is 23.5 Å². The Bertz CT molecular complexity index is 992. The van der Waals surface area contributed by atoms with Gasteiger partial charge in [-0.2, -0.15) is 0 Å². The lowest BCUT2D eigenvalue weighted by Crippen LogP contribution is -2.49. The molecule has 2 aromatic rings. The zero-order valence-corrected chi connectivity index (χ0v) is 14.8. The van der Waals surface area contributed by atoms with E-state index in [0.717, 1.165) is 0 Å². The molecule has 1 saturated heterocycles. The fraction of sp³-hybridized carbons (Fsp3) is 0.158. The lowest BCUT2D eigenvalue weighted by molar-refractivity contribution is 0.0741. The van der Waals surface area contributed by atoms with Gasteiger partial charge in [0, 0.05) is 17.8 Å². The van der Waals surface area contributed by atoms with Gasteiger partial charge in [-0.15, -0.1) is 0 Å². The Morgan fingerprint density at radius 2 is 1.96 bits per heavy atom. The number of rotatable bonds is 3. The van der Waals surface area contributed by atoms with Gasteiger partial charge in [0.2, 0.25) is 0 Å². The highest BCUT2D eigenvalue weighted by molar-refractivity contribution is 6.32. The molecule has 1 atom stereocenters. The largest absolute Gasteiger partial charge is 0.506 e. The van der Waals surface area contributed by atoms with E-state index in [0.29, 0.717) is 22.4 Å². The summed E-state index contributed by atoms with van der Waals surface area (Å²) in [6.45, 7) is 4.24. The van der Waals surface area contributed by atoms with Gasteiger partial charge in [0.1, 0.15) is 17.1 Å². The van der Waals surface area contributed by atoms with Crippen LogP contribution in [0.5, 0.6) is 5.75 Å². The number of carbonyl (C=O) groups excluding carboxylic acids is 2. The lowest BCUT2D eigenvalue weighted by atomic mass is 9.87. The number of carbonyl (C=O) groups is 2. The summed E-state index contributed by atoms with van der Waals surface area (Å²) in [6, 6.07) is 8.10. The minimum absolute atomic E-state index is 0.0854. The van der Waals surface area contributed by atoms with Crippen molar-refractivity contribution in [2.75, 3.05) is 6.54 Å². The van der Waals surface area contributed by atoms with E-state index in [-0.39, 0.29) is 29.8 Å². The van der Waals surface area contributed by atoms with Gasteiger partial charge in [0.05, 0.1) is 11.6 Å². The molecule has 27 heavy (non-hydrogen) atoms. The van der Waals surface area contributed by atoms with E-state index in [1.807, 2.05) is 0 Å². The summed E-state index contributed by atoms with van der Waals surface area (Å²) < 4.78 is 13.4. The molecule has 138 valence electrons. The number of phenols is 1. The van der Waals surface area contributed by atoms with E-state index >= 15 is 0 Å². The Morgan fingerprint density at radius 1 is 1.26 bits per heavy atom. The molecule has 8 heteroatoms. The summed E-state index contributed by atoms with van der Waals surface area (Å²) >= 11 is 5.92. The van der Waals surface area contributed by atoms with E-state index in [2.05, 4.69) is 17.2 Å². The normalized spacial score (nSPS) is 21.3. The number of hydrogen-bond donors (Lipinski definition) is 3. The molecule has 0 aromatic heterocycles. The van der Waals surface area contributed by atoms with E-state index in [1.54, 1.807) is 12.1 Å². The number of benzene rings is 2. The number of nitrogens with zero attached hydrogens (tertiary/aromatic N) is 1. The standard InChI is InChI=1S/C19H15ClFN3O3/c1-10-19(23-18(27)22-10,12-2-4-13(21)5-3-12)9-24-8-11-6-16(25)15(20)7-14(11)17(24)26/h2-7,25H,1,8-9H2,(H2,22,23,27). The molecule has 0 aliphatic carbocycles. The second kappa shape index (κ2) is 5.99. The molecule has 2 aromatic carbocycles. The fourth-order valence-electron chi connectivity index (χ4n) is 3.55. The molecule has 2 heterocycles. The molecule has 2 aliphatic heterocycles. The van der Waals surface area contributed by atoms with E-state index in [1.165, 1.54) is 29.2 Å². The number of urea groups is 1. The van der Waals surface area contributed by atoms with Gasteiger partial charge in [0.15, 0.2) is 0 Å². The highest BCUT2D eigenvalue weighted by Gasteiger charge is 2.46. The Labute approximate surface area is 159 Å². The quantitative estimate of drug-likeness (QED) is 0.757. The van der Waals surface area contributed by atoms with Crippen LogP contribution in [0.25, 0.3) is 0 Å². The van der Waals surface area contributed by atoms with Gasteiger partial charge in [-0.05, 0) is 35.4 Å². The molecule has 4 rings (SSSR count). The Hall–Kier alpha value is -3.06. The van der Waals surface area contributed by atoms with Gasteiger partial charge < -0.3 is 20.6 Å². The van der Waals surface area contributed by atoms with Crippen LogP contribution in [-0.2, 0) is 12.1 Å². The number of halogens is 2. The van der Waals surface area contributed by atoms with Crippen LogP contribution < -0.4 is 10.6 Å². The number of amides is 3. The number of hydrogen-bond acceptors (Lipinski definition) is 3. The predicted octanol–water partition coefficient (Wildman–Crippen LogP) is 2.86. The zero-order valence-electron chi connectivity index (χ0n) is 14.1. The van der Waals surface area contributed by atoms with Crippen LogP contribution >= 0.6 is 11.6 Å². The number of phenolic OH excluding ortho intramolecular Hbond substituents is 1. The number of nitrogens with one attached hydrogen (secondary N) is 2. The van der Waals surface area contributed by atoms with Crippen LogP contribution in [0.2, 0.25) is 5.02 Å². The molecule has 0 spiro atoms. The molecule has 1 fully saturated rings. The molecule has 0 bridgehead atoms. The van der Waals surface area contributed by atoms with Crippen LogP contribution in [-0.4, -0.2) is 28.5 Å². The lowest BCUT2D eigenvalue weighted by Gasteiger charge is -2.34. The first-order valence-corrected chi connectivity index (χ1v) is 8.53. The second-order valence-corrected chi connectivity index (χ2v) is 7.00. The average molecular weight is 388 g/mol. The van der Waals surface area contributed by atoms with Crippen LogP contribution in [0.4, 0.5) is 9.18 Å². The van der Waals surface area contributed by atoms with Crippen molar-refractivity contribution in [3.05, 3.63) is 76.2 Å². The first-order chi connectivity index (χ1) is 12.8. The Balaban J connectivity index is 1.72. The van der Waals surface area contributed by atoms with Crippen LogP contribution in [0.1, 0.15) is 21.5 Å². The summed E-state index contributed by atoms with van der Waals surface area (Å²) in [6.07, 6.45) is 0. The first-order valence-electron chi connectivity index (χ1n) is 8.15. The Kier molecular flexibility index (Phi) is 3.85. The van der Waals surface area contributed by atoms with Crippen molar-refractivity contribution in [3.63, 3.8) is 0 Å². The number of fused-ring (bicyclic) bond motifs is 1. The molecule has 0 radical (unpaired) electrons. The maximum absolute atomic E-state index is 13.4. The van der Waals surface area contributed by atoms with E-state index < -0.39 is 17.4 Å². The summed E-state index contributed by atoms with van der Waals surface area (Å²) in [4.78, 5) is 26.3. The minimum atomic E-state index is -1.10. The van der Waals surface area contributed by atoms with Crippen molar-refractivity contribution in [3.8, 4) is 5.75 Å². The SMILES string of the molecule is C=C1NC(=O)NC1(CN1Cc2cc(O)c(Cl)cc2C1=O)c1ccc(F)cc1. The molecule has 2 aliphatic rings. The van der Waals surface area contributed by atoms with Crippen LogP contribution in [0.3, 0.4) is 0 Å². The summed E-state index contributed by atoms with van der Waals surface area (Å²) in [5, 5.41) is 15.3. The third kappa shape index (κ3) is 2.71. The molecular weight excluding hydrogens is 373 g/mol. The maximum atomic E-state index is 13.4. The first kappa shape index (κ1) is 17.4. The van der Waals surface area contributed by atoms with Crippen molar-refractivity contribution in [1.82, 2.24) is 15.5 Å². The van der Waals surface area contributed by atoms with Gasteiger partial charge in [-0.25, -0.2) is 9.18 Å². The van der Waals surface area contributed by atoms with Crippen LogP contribution in [0.15, 0.2) is 48.7 Å². The van der Waals surface area contributed by atoms with E-state index in [9.17, 15) is 19.1 Å². The predicted molar refractivity (Wildman–Crippen MR) is 96.7 cm³/mol. The third-order valence-electron chi connectivity index (χ3n) is 4.92. The van der Waals surface area contributed by atoms with Gasteiger partial charge in [-0.3, -0.25) is 4.79 Å². The van der Waals surface area contributed by atoms with Gasteiger partial charge in [-0.1, -0.05) is 30.3 Å². The summed E-state index contributed by atoms with van der Waals surface area (Å²) in [5.41, 5.74) is 0.892. The highest BCUT2D eigenvalue weighted by Crippen LogP contribution is 2.37. The summed E-state index contributed by atoms with van der Waals surface area (Å²) in [5.74, 6) is -0.785. The average Bonchev–Trinajstić information content (AvgIpc) is 3.06. The molecular formula is C19H15ClFN3O3. The molecule has 1 unspecified atom stereocenters. The molecule has 3 N–H and O–H groups in total. The second-order valence-electron chi connectivity index (χ2n) is 6.59. The fourth-order valence-corrected chi connectivity index (χ4v) is 3.71. The zero-order chi connectivity index (χ0) is 19.3. The summed E-state index contributed by atoms with van der Waals surface area (Å²) in [7, 11) is 0. The topological polar surface area (TPSA) is 81.7 Å². The molecule has 0 saturated carbocycles. The Morgan fingerprint density at radius 3 is 2.59 bits per heavy atom. The van der Waals surface area contributed by atoms with Crippen molar-refractivity contribution < 1.29 is 19.1 Å². The van der Waals surface area contributed by atoms with Gasteiger partial charge in [0.25, 0.3) is 5.91 Å². The van der Waals surface area contributed by atoms with Crippen molar-refractivity contribution in [2.45, 2.75) is 12.1 Å². The van der Waals surface area contributed by atoms with Gasteiger partial charge >= 0.3 is 6.03 Å². The molecule has 3 amide bonds. The minimum Gasteiger partial charge on any atom is -0.506 e.